The Hall–Kier alpha value is -1.07. The maximum absolute atomic E-state index is 10.6. The molecule has 1 aromatic heterocycles. The zero-order valence-electron chi connectivity index (χ0n) is 12.2. The molecule has 1 aliphatic rings. The maximum atomic E-state index is 10.6. The predicted octanol–water partition coefficient (Wildman–Crippen LogP) is 2.47. The third kappa shape index (κ3) is 2.62. The van der Waals surface area contributed by atoms with Gasteiger partial charge < -0.3 is 14.6 Å². The Morgan fingerprint density at radius 3 is 2.53 bits per heavy atom. The monoisotopic (exact) mass is 268 g/mol. The van der Waals surface area contributed by atoms with E-state index < -0.39 is 6.10 Å². The molecule has 1 aromatic rings. The third-order valence-electron chi connectivity index (χ3n) is 4.09. The molecule has 1 fully saturated rings. The van der Waals surface area contributed by atoms with Gasteiger partial charge in [0.15, 0.2) is 5.75 Å². The van der Waals surface area contributed by atoms with Crippen LogP contribution < -0.4 is 4.74 Å². The molecule has 1 atom stereocenters. The fourth-order valence-corrected chi connectivity index (χ4v) is 2.75. The summed E-state index contributed by atoms with van der Waals surface area (Å²) in [6, 6.07) is 0.188. The molecule has 0 amide bonds. The van der Waals surface area contributed by atoms with E-state index in [4.69, 9.17) is 9.47 Å². The van der Waals surface area contributed by atoms with Gasteiger partial charge in [0, 0.05) is 19.6 Å². The zero-order chi connectivity index (χ0) is 14.0. The van der Waals surface area contributed by atoms with Crippen LogP contribution >= 0.6 is 0 Å². The number of ether oxygens (including phenoxy) is 2. The van der Waals surface area contributed by atoms with Gasteiger partial charge >= 0.3 is 0 Å². The van der Waals surface area contributed by atoms with Crippen LogP contribution in [0, 0.1) is 0 Å². The maximum Gasteiger partial charge on any atom is 0.162 e. The summed E-state index contributed by atoms with van der Waals surface area (Å²) in [4.78, 5) is 0. The fourth-order valence-electron chi connectivity index (χ4n) is 2.75. The summed E-state index contributed by atoms with van der Waals surface area (Å²) >= 11 is 0. The molecule has 5 nitrogen and oxygen atoms in total. The Kier molecular flexibility index (Phi) is 4.16. The van der Waals surface area contributed by atoms with Crippen LogP contribution in [0.15, 0.2) is 6.20 Å². The highest BCUT2D eigenvalue weighted by molar-refractivity contribution is 5.28. The van der Waals surface area contributed by atoms with Crippen molar-refractivity contribution in [1.82, 2.24) is 9.78 Å². The van der Waals surface area contributed by atoms with E-state index in [1.807, 2.05) is 18.5 Å². The van der Waals surface area contributed by atoms with Gasteiger partial charge in [0.2, 0.25) is 0 Å². The van der Waals surface area contributed by atoms with Gasteiger partial charge in [-0.3, -0.25) is 4.68 Å². The van der Waals surface area contributed by atoms with Crippen molar-refractivity contribution in [3.05, 3.63) is 11.9 Å². The number of hydrogen-bond acceptors (Lipinski definition) is 4. The van der Waals surface area contributed by atoms with Crippen LogP contribution in [-0.4, -0.2) is 34.7 Å². The van der Waals surface area contributed by atoms with E-state index in [2.05, 4.69) is 5.10 Å². The van der Waals surface area contributed by atoms with E-state index in [1.54, 1.807) is 20.4 Å². The number of aliphatic hydroxyl groups is 1. The van der Waals surface area contributed by atoms with Crippen molar-refractivity contribution < 1.29 is 14.6 Å². The molecule has 0 aromatic carbocycles. The fraction of sp³-hybridized carbons (Fsp3) is 0.786. The lowest BCUT2D eigenvalue weighted by molar-refractivity contribution is -0.101. The zero-order valence-corrected chi connectivity index (χ0v) is 12.2. The first-order valence-electron chi connectivity index (χ1n) is 6.87. The van der Waals surface area contributed by atoms with Crippen molar-refractivity contribution in [3.8, 4) is 5.75 Å². The third-order valence-corrected chi connectivity index (χ3v) is 4.09. The molecule has 1 aliphatic carbocycles. The second kappa shape index (κ2) is 5.51. The number of aromatic nitrogens is 2. The molecule has 5 heteroatoms. The highest BCUT2D eigenvalue weighted by Gasteiger charge is 2.40. The molecule has 1 heterocycles. The predicted molar refractivity (Wildman–Crippen MR) is 72.3 cm³/mol. The van der Waals surface area contributed by atoms with Crippen molar-refractivity contribution >= 4 is 0 Å². The number of hydrogen-bond donors (Lipinski definition) is 1. The average Bonchev–Trinajstić information content (AvgIpc) is 2.77. The van der Waals surface area contributed by atoms with Crippen molar-refractivity contribution in [3.63, 3.8) is 0 Å². The molecule has 1 unspecified atom stereocenters. The number of aliphatic hydroxyl groups excluding tert-OH is 1. The molecule has 2 rings (SSSR count). The molecule has 0 aliphatic heterocycles. The van der Waals surface area contributed by atoms with Gasteiger partial charge in [-0.1, -0.05) is 0 Å². The van der Waals surface area contributed by atoms with Crippen molar-refractivity contribution in [2.45, 2.75) is 57.3 Å². The van der Waals surface area contributed by atoms with E-state index >= 15 is 0 Å². The molecule has 19 heavy (non-hydrogen) atoms. The molecule has 0 spiro atoms. The van der Waals surface area contributed by atoms with Gasteiger partial charge in [-0.15, -0.1) is 0 Å². The lowest BCUT2D eigenvalue weighted by atomic mass is 9.75. The van der Waals surface area contributed by atoms with Crippen LogP contribution in [-0.2, 0) is 4.74 Å². The average molecular weight is 268 g/mol. The number of methoxy groups -OCH3 is 2. The molecular weight excluding hydrogens is 244 g/mol. The van der Waals surface area contributed by atoms with Crippen molar-refractivity contribution in [1.29, 1.82) is 0 Å². The minimum Gasteiger partial charge on any atom is -0.493 e. The SMILES string of the molecule is COc1cnn(C(C)C)c1C(O)CC1(OC)CCC1. The highest BCUT2D eigenvalue weighted by Crippen LogP contribution is 2.43. The number of nitrogens with zero attached hydrogens (tertiary/aromatic N) is 2. The summed E-state index contributed by atoms with van der Waals surface area (Å²) in [6.45, 7) is 4.08. The summed E-state index contributed by atoms with van der Waals surface area (Å²) in [5.74, 6) is 0.645. The Morgan fingerprint density at radius 1 is 1.42 bits per heavy atom. The largest absolute Gasteiger partial charge is 0.493 e. The van der Waals surface area contributed by atoms with Crippen LogP contribution in [0.4, 0.5) is 0 Å². The lowest BCUT2D eigenvalue weighted by Crippen LogP contribution is -2.40. The van der Waals surface area contributed by atoms with E-state index in [0.717, 1.165) is 18.5 Å². The molecule has 1 N–H and O–H groups in total. The van der Waals surface area contributed by atoms with E-state index in [1.165, 1.54) is 6.42 Å². The first kappa shape index (κ1) is 14.3. The Bertz CT molecular complexity index is 419. The minimum atomic E-state index is -0.611. The van der Waals surface area contributed by atoms with Gasteiger partial charge in [0.25, 0.3) is 0 Å². The van der Waals surface area contributed by atoms with Crippen molar-refractivity contribution in [2.75, 3.05) is 14.2 Å². The Balaban J connectivity index is 2.22. The van der Waals surface area contributed by atoms with Crippen LogP contribution in [0.25, 0.3) is 0 Å². The lowest BCUT2D eigenvalue weighted by Gasteiger charge is -2.42. The molecule has 108 valence electrons. The normalized spacial score (nSPS) is 19.3. The summed E-state index contributed by atoms with van der Waals surface area (Å²) in [5.41, 5.74) is 0.581. The van der Waals surface area contributed by atoms with Crippen LogP contribution in [0.2, 0.25) is 0 Å². The van der Waals surface area contributed by atoms with Gasteiger partial charge in [0.05, 0.1) is 18.9 Å². The standard InChI is InChI=1S/C14H24N2O3/c1-10(2)16-13(12(18-3)9-15-16)11(17)8-14(19-4)6-5-7-14/h9-11,17H,5-8H2,1-4H3. The van der Waals surface area contributed by atoms with Crippen LogP contribution in [0.5, 0.6) is 5.75 Å². The first-order chi connectivity index (χ1) is 9.03. The van der Waals surface area contributed by atoms with Gasteiger partial charge in [-0.2, -0.15) is 5.10 Å². The van der Waals surface area contributed by atoms with Crippen LogP contribution in [0.1, 0.15) is 57.4 Å². The second-order valence-electron chi connectivity index (χ2n) is 5.60. The molecule has 0 radical (unpaired) electrons. The smallest absolute Gasteiger partial charge is 0.162 e. The molecule has 0 bridgehead atoms. The Morgan fingerprint density at radius 2 is 2.11 bits per heavy atom. The summed E-state index contributed by atoms with van der Waals surface area (Å²) in [6.07, 6.45) is 4.84. The van der Waals surface area contributed by atoms with Gasteiger partial charge in [-0.25, -0.2) is 0 Å². The van der Waals surface area contributed by atoms with E-state index in [-0.39, 0.29) is 11.6 Å². The second-order valence-corrected chi connectivity index (χ2v) is 5.60. The van der Waals surface area contributed by atoms with Gasteiger partial charge in [-0.05, 0) is 33.1 Å². The first-order valence-corrected chi connectivity index (χ1v) is 6.87. The Labute approximate surface area is 114 Å². The summed E-state index contributed by atoms with van der Waals surface area (Å²) in [7, 11) is 3.33. The van der Waals surface area contributed by atoms with E-state index in [9.17, 15) is 5.11 Å². The van der Waals surface area contributed by atoms with E-state index in [0.29, 0.717) is 12.2 Å². The summed E-state index contributed by atoms with van der Waals surface area (Å²) < 4.78 is 12.7. The molecule has 1 saturated carbocycles. The number of rotatable bonds is 6. The van der Waals surface area contributed by atoms with Crippen molar-refractivity contribution in [2.24, 2.45) is 0 Å². The highest BCUT2D eigenvalue weighted by atomic mass is 16.5. The topological polar surface area (TPSA) is 56.5 Å². The van der Waals surface area contributed by atoms with Gasteiger partial charge in [0.1, 0.15) is 11.8 Å². The summed E-state index contributed by atoms with van der Waals surface area (Å²) in [5, 5.41) is 14.9. The molecular formula is C14H24N2O3. The molecule has 0 saturated heterocycles. The van der Waals surface area contributed by atoms with Crippen LogP contribution in [0.3, 0.4) is 0 Å². The quantitative estimate of drug-likeness (QED) is 0.861. The minimum absolute atomic E-state index is 0.170.